The summed E-state index contributed by atoms with van der Waals surface area (Å²) in [7, 11) is 1.67. The van der Waals surface area contributed by atoms with Gasteiger partial charge in [0.15, 0.2) is 5.82 Å². The Morgan fingerprint density at radius 1 is 1.07 bits per heavy atom. The number of ether oxygens (including phenoxy) is 3. The predicted molar refractivity (Wildman–Crippen MR) is 154 cm³/mol. The molecule has 0 amide bonds. The van der Waals surface area contributed by atoms with Crippen LogP contribution in [-0.4, -0.2) is 83.7 Å². The molecular formula is C31H34FN5O4. The lowest BCUT2D eigenvalue weighted by atomic mass is 9.87. The molecule has 3 aliphatic rings. The van der Waals surface area contributed by atoms with E-state index in [9.17, 15) is 5.11 Å². The molecule has 5 heterocycles. The topological polar surface area (TPSA) is 102 Å². The van der Waals surface area contributed by atoms with Crippen LogP contribution in [0.1, 0.15) is 25.7 Å². The van der Waals surface area contributed by atoms with Crippen LogP contribution in [0.4, 0.5) is 10.2 Å². The molecule has 3 aliphatic heterocycles. The number of phenolic OH excluding ortho intramolecular Hbond substituents is 1. The number of halogens is 1. The van der Waals surface area contributed by atoms with Gasteiger partial charge in [-0.1, -0.05) is 24.3 Å². The fraction of sp³-hybridized carbons (Fsp3) is 0.452. The number of nitrogens with zero attached hydrogens (tertiary/aromatic N) is 4. The van der Waals surface area contributed by atoms with E-state index >= 15 is 4.39 Å². The molecule has 2 aromatic carbocycles. The summed E-state index contributed by atoms with van der Waals surface area (Å²) in [6.07, 6.45) is 6.06. The van der Waals surface area contributed by atoms with Gasteiger partial charge in [0, 0.05) is 25.4 Å². The van der Waals surface area contributed by atoms with E-state index in [-0.39, 0.29) is 33.9 Å². The Morgan fingerprint density at radius 3 is 2.63 bits per heavy atom. The van der Waals surface area contributed by atoms with Crippen LogP contribution in [0.2, 0.25) is 0 Å². The van der Waals surface area contributed by atoms with Gasteiger partial charge in [-0.15, -0.1) is 0 Å². The second-order valence-corrected chi connectivity index (χ2v) is 11.7. The fourth-order valence-electron chi connectivity index (χ4n) is 6.78. The van der Waals surface area contributed by atoms with Gasteiger partial charge < -0.3 is 24.6 Å². The van der Waals surface area contributed by atoms with Crippen molar-refractivity contribution in [3.63, 3.8) is 0 Å². The predicted octanol–water partition coefficient (Wildman–Crippen LogP) is 4.77. The van der Waals surface area contributed by atoms with E-state index in [2.05, 4.69) is 20.2 Å². The third kappa shape index (κ3) is 4.64. The van der Waals surface area contributed by atoms with Crippen molar-refractivity contribution < 1.29 is 23.7 Å². The molecule has 3 fully saturated rings. The van der Waals surface area contributed by atoms with Crippen LogP contribution in [0.3, 0.4) is 0 Å². The molecule has 2 aromatic heterocycles. The Morgan fingerprint density at radius 2 is 1.88 bits per heavy atom. The minimum absolute atomic E-state index is 0.000129. The molecule has 2 N–H and O–H groups in total. The summed E-state index contributed by atoms with van der Waals surface area (Å²) in [6.45, 7) is 4.84. The number of benzene rings is 2. The highest BCUT2D eigenvalue weighted by Gasteiger charge is 2.45. The molecule has 0 saturated carbocycles. The summed E-state index contributed by atoms with van der Waals surface area (Å²) in [4.78, 5) is 16.3. The van der Waals surface area contributed by atoms with Crippen molar-refractivity contribution in [2.45, 2.75) is 31.2 Å². The molecule has 0 atom stereocenters. The van der Waals surface area contributed by atoms with Gasteiger partial charge >= 0.3 is 6.01 Å². The Balaban J connectivity index is 1.30. The van der Waals surface area contributed by atoms with Gasteiger partial charge in [-0.05, 0) is 61.7 Å². The average Bonchev–Trinajstić information content (AvgIpc) is 3.54. The first-order valence-electron chi connectivity index (χ1n) is 14.3. The number of hydrogen-bond donors (Lipinski definition) is 2. The quantitative estimate of drug-likeness (QED) is 0.300. The lowest BCUT2D eigenvalue weighted by Crippen LogP contribution is -2.51. The van der Waals surface area contributed by atoms with Crippen LogP contribution in [0.15, 0.2) is 42.6 Å². The number of hydrogen-bond acceptors (Lipinski definition) is 9. The number of phenols is 1. The molecule has 0 radical (unpaired) electrons. The third-order valence-electron chi connectivity index (χ3n) is 8.94. The van der Waals surface area contributed by atoms with Crippen LogP contribution < -0.4 is 10.1 Å². The normalized spacial score (nSPS) is 19.4. The molecule has 7 rings (SSSR count). The van der Waals surface area contributed by atoms with Crippen molar-refractivity contribution in [2.75, 3.05) is 58.5 Å². The number of rotatable bonds is 9. The molecule has 10 heteroatoms. The van der Waals surface area contributed by atoms with Crippen molar-refractivity contribution in [3.8, 4) is 23.0 Å². The van der Waals surface area contributed by atoms with E-state index in [4.69, 9.17) is 19.2 Å². The largest absolute Gasteiger partial charge is 0.508 e. The van der Waals surface area contributed by atoms with E-state index in [1.165, 1.54) is 6.07 Å². The number of aromatic hydroxyl groups is 1. The lowest BCUT2D eigenvalue weighted by Gasteiger charge is -2.41. The first-order chi connectivity index (χ1) is 20.0. The Labute approximate surface area is 237 Å². The van der Waals surface area contributed by atoms with E-state index in [1.807, 2.05) is 24.3 Å². The van der Waals surface area contributed by atoms with Crippen LogP contribution in [0.5, 0.6) is 11.8 Å². The van der Waals surface area contributed by atoms with Gasteiger partial charge in [0.05, 0.1) is 36.2 Å². The van der Waals surface area contributed by atoms with Crippen LogP contribution in [0, 0.1) is 11.2 Å². The Kier molecular flexibility index (Phi) is 6.64. The van der Waals surface area contributed by atoms with Gasteiger partial charge in [0.2, 0.25) is 0 Å². The highest BCUT2D eigenvalue weighted by Crippen LogP contribution is 2.40. The molecule has 4 aromatic rings. The summed E-state index contributed by atoms with van der Waals surface area (Å²) in [5.41, 5.74) is 0.535. The zero-order chi connectivity index (χ0) is 28.0. The maximum absolute atomic E-state index is 16.4. The van der Waals surface area contributed by atoms with Gasteiger partial charge in [-0.3, -0.25) is 9.88 Å². The first kappa shape index (κ1) is 26.3. The Hall–Kier alpha value is -3.60. The lowest BCUT2D eigenvalue weighted by molar-refractivity contribution is -0.134. The molecule has 0 aliphatic carbocycles. The molecule has 0 spiro atoms. The molecule has 0 unspecified atom stereocenters. The van der Waals surface area contributed by atoms with Crippen molar-refractivity contribution in [3.05, 3.63) is 48.4 Å². The number of pyridine rings is 1. The highest BCUT2D eigenvalue weighted by atomic mass is 19.1. The van der Waals surface area contributed by atoms with Crippen LogP contribution >= 0.6 is 0 Å². The minimum Gasteiger partial charge on any atom is -0.508 e. The second kappa shape index (κ2) is 10.3. The van der Waals surface area contributed by atoms with Gasteiger partial charge in [0.25, 0.3) is 0 Å². The Bertz CT molecular complexity index is 1600. The summed E-state index contributed by atoms with van der Waals surface area (Å²) >= 11 is 0. The standard InChI is InChI=1S/C31H34FN5O4/c1-39-16-30(17-40-18-30)15-34-28-24-14-33-26(23-13-21(38)12-20-6-2-3-7-22(20)23)25(32)27(24)35-29(36-28)41-19-31-8-4-10-37(31)11-5-9-31/h2-3,6-7,12-14,38H,4-5,8-11,15-19H2,1H3,(H,34,35,36). The van der Waals surface area contributed by atoms with Crippen molar-refractivity contribution in [1.82, 2.24) is 19.9 Å². The van der Waals surface area contributed by atoms with Crippen LogP contribution in [0.25, 0.3) is 32.9 Å². The van der Waals surface area contributed by atoms with Gasteiger partial charge in [-0.25, -0.2) is 4.39 Å². The van der Waals surface area contributed by atoms with Gasteiger partial charge in [0.1, 0.15) is 29.4 Å². The summed E-state index contributed by atoms with van der Waals surface area (Å²) in [5.74, 6) is -0.0934. The summed E-state index contributed by atoms with van der Waals surface area (Å²) < 4.78 is 33.6. The molecule has 41 heavy (non-hydrogen) atoms. The molecule has 3 saturated heterocycles. The number of fused-ring (bicyclic) bond motifs is 3. The van der Waals surface area contributed by atoms with Crippen molar-refractivity contribution in [2.24, 2.45) is 5.41 Å². The van der Waals surface area contributed by atoms with E-state index in [0.29, 0.717) is 49.7 Å². The van der Waals surface area contributed by atoms with E-state index in [1.54, 1.807) is 19.4 Å². The number of methoxy groups -OCH3 is 1. The minimum atomic E-state index is -0.589. The first-order valence-corrected chi connectivity index (χ1v) is 14.3. The monoisotopic (exact) mass is 559 g/mol. The molecular weight excluding hydrogens is 525 g/mol. The maximum atomic E-state index is 16.4. The van der Waals surface area contributed by atoms with Gasteiger partial charge in [-0.2, -0.15) is 9.97 Å². The number of anilines is 1. The van der Waals surface area contributed by atoms with E-state index < -0.39 is 5.82 Å². The third-order valence-corrected chi connectivity index (χ3v) is 8.94. The maximum Gasteiger partial charge on any atom is 0.319 e. The smallest absolute Gasteiger partial charge is 0.319 e. The number of aromatic nitrogens is 3. The second-order valence-electron chi connectivity index (χ2n) is 11.7. The highest BCUT2D eigenvalue weighted by molar-refractivity contribution is 5.99. The zero-order valence-electron chi connectivity index (χ0n) is 23.2. The average molecular weight is 560 g/mol. The number of nitrogens with one attached hydrogen (secondary N) is 1. The van der Waals surface area contributed by atoms with Crippen LogP contribution in [-0.2, 0) is 9.47 Å². The zero-order valence-corrected chi connectivity index (χ0v) is 23.2. The fourth-order valence-corrected chi connectivity index (χ4v) is 6.78. The summed E-state index contributed by atoms with van der Waals surface area (Å²) in [6, 6.07) is 10.9. The van der Waals surface area contributed by atoms with Crippen molar-refractivity contribution in [1.29, 1.82) is 0 Å². The molecule has 214 valence electrons. The van der Waals surface area contributed by atoms with Crippen molar-refractivity contribution >= 4 is 27.5 Å². The molecule has 0 bridgehead atoms. The summed E-state index contributed by atoms with van der Waals surface area (Å²) in [5, 5.41) is 15.8. The SMILES string of the molecule is COCC1(CNc2nc(OCC34CCCN3CCC4)nc3c(F)c(-c4cc(O)cc5ccccc45)ncc23)COC1. The van der Waals surface area contributed by atoms with E-state index in [0.717, 1.165) is 49.5 Å². The molecule has 9 nitrogen and oxygen atoms in total.